The molecule has 2 heterocycles. The van der Waals surface area contributed by atoms with Gasteiger partial charge in [0.05, 0.1) is 24.1 Å². The number of rotatable bonds is 10. The van der Waals surface area contributed by atoms with E-state index in [9.17, 15) is 5.11 Å². The van der Waals surface area contributed by atoms with E-state index >= 15 is 0 Å². The van der Waals surface area contributed by atoms with Crippen LogP contribution in [0.3, 0.4) is 0 Å². The van der Waals surface area contributed by atoms with Gasteiger partial charge in [0.1, 0.15) is 5.75 Å². The van der Waals surface area contributed by atoms with Crippen molar-refractivity contribution in [2.24, 2.45) is 15.8 Å². The number of phenolic OH excluding ortho intramolecular Hbond substituents is 1. The van der Waals surface area contributed by atoms with Crippen LogP contribution >= 0.6 is 12.2 Å². The highest BCUT2D eigenvalue weighted by Gasteiger charge is 2.09. The Morgan fingerprint density at radius 2 is 1.67 bits per heavy atom. The summed E-state index contributed by atoms with van der Waals surface area (Å²) in [5, 5.41) is 14.6. The van der Waals surface area contributed by atoms with Crippen LogP contribution in [0.1, 0.15) is 28.1 Å². The maximum atomic E-state index is 10.6. The number of aromatic nitrogens is 2. The van der Waals surface area contributed by atoms with E-state index in [1.807, 2.05) is 55.5 Å². The third-order valence-corrected chi connectivity index (χ3v) is 4.78. The minimum atomic E-state index is 0.0566. The predicted octanol–water partition coefficient (Wildman–Crippen LogP) is 2.78. The third-order valence-electron chi connectivity index (χ3n) is 4.69. The second-order valence-electron chi connectivity index (χ2n) is 7.41. The topological polar surface area (TPSA) is 112 Å². The van der Waals surface area contributed by atoms with Crippen molar-refractivity contribution in [2.75, 3.05) is 13.1 Å². The van der Waals surface area contributed by atoms with Crippen molar-refractivity contribution in [3.63, 3.8) is 0 Å². The summed E-state index contributed by atoms with van der Waals surface area (Å²) >= 11 is 4.73. The molecule has 33 heavy (non-hydrogen) atoms. The lowest BCUT2D eigenvalue weighted by atomic mass is 10.1. The first kappa shape index (κ1) is 24.0. The molecule has 1 aromatic carbocycles. The molecule has 0 aliphatic rings. The van der Waals surface area contributed by atoms with Crippen LogP contribution in [-0.2, 0) is 13.1 Å². The molecule has 0 saturated carbocycles. The fourth-order valence-electron chi connectivity index (χ4n) is 3.22. The van der Waals surface area contributed by atoms with Gasteiger partial charge in [-0.1, -0.05) is 12.1 Å². The quantitative estimate of drug-likeness (QED) is 0.242. The van der Waals surface area contributed by atoms with Crippen molar-refractivity contribution < 1.29 is 5.11 Å². The lowest BCUT2D eigenvalue weighted by molar-refractivity contribution is 0.258. The van der Waals surface area contributed by atoms with Gasteiger partial charge in [-0.3, -0.25) is 25.3 Å². The molecule has 9 heteroatoms. The predicted molar refractivity (Wildman–Crippen MR) is 135 cm³/mol. The number of pyridine rings is 2. The number of aryl methyl sites for hydroxylation is 1. The van der Waals surface area contributed by atoms with Crippen LogP contribution in [-0.4, -0.2) is 50.6 Å². The van der Waals surface area contributed by atoms with Crippen LogP contribution in [0.2, 0.25) is 0 Å². The van der Waals surface area contributed by atoms with Crippen LogP contribution in [0.15, 0.2) is 71.0 Å². The summed E-state index contributed by atoms with van der Waals surface area (Å²) in [5.74, 6) is 0.0941. The van der Waals surface area contributed by atoms with Gasteiger partial charge in [-0.05, 0) is 61.1 Å². The summed E-state index contributed by atoms with van der Waals surface area (Å²) in [6, 6.07) is 15.5. The number of hydrogen-bond donors (Lipinski definition) is 3. The molecule has 0 spiro atoms. The van der Waals surface area contributed by atoms with Crippen molar-refractivity contribution in [1.82, 2.24) is 20.3 Å². The zero-order valence-electron chi connectivity index (χ0n) is 18.4. The summed E-state index contributed by atoms with van der Waals surface area (Å²) < 4.78 is 0. The molecule has 0 aliphatic heterocycles. The standard InChI is InChI=1S/C24H27N7OS/c1-18-12-19(23(32)20(13-18)15-29-30-24(25)33)14-26-10-11-31(16-21-6-2-4-8-27-21)17-22-7-3-5-9-28-22/h2-9,12-15,32H,10-11,16-17H2,1H3,(H3,25,30,33)/b26-14?,29-15+. The lowest BCUT2D eigenvalue weighted by Gasteiger charge is -2.20. The van der Waals surface area contributed by atoms with Gasteiger partial charge in [-0.15, -0.1) is 0 Å². The minimum absolute atomic E-state index is 0.0566. The molecule has 3 rings (SSSR count). The monoisotopic (exact) mass is 461 g/mol. The van der Waals surface area contributed by atoms with Crippen molar-refractivity contribution in [1.29, 1.82) is 0 Å². The van der Waals surface area contributed by atoms with Gasteiger partial charge in [0.2, 0.25) is 0 Å². The minimum Gasteiger partial charge on any atom is -0.507 e. The maximum absolute atomic E-state index is 10.6. The highest BCUT2D eigenvalue weighted by molar-refractivity contribution is 7.80. The van der Waals surface area contributed by atoms with E-state index in [-0.39, 0.29) is 10.9 Å². The highest BCUT2D eigenvalue weighted by Crippen LogP contribution is 2.22. The van der Waals surface area contributed by atoms with E-state index in [1.54, 1.807) is 18.6 Å². The normalized spacial score (nSPS) is 11.5. The number of nitrogens with one attached hydrogen (secondary N) is 1. The highest BCUT2D eigenvalue weighted by atomic mass is 32.1. The van der Waals surface area contributed by atoms with E-state index in [0.29, 0.717) is 37.3 Å². The first-order chi connectivity index (χ1) is 16.0. The number of aliphatic imine (C=N–C) groups is 1. The Morgan fingerprint density at radius 3 is 2.21 bits per heavy atom. The van der Waals surface area contributed by atoms with Gasteiger partial charge in [0.15, 0.2) is 5.11 Å². The second-order valence-corrected chi connectivity index (χ2v) is 7.85. The molecule has 0 unspecified atom stereocenters. The number of hydrazone groups is 1. The van der Waals surface area contributed by atoms with E-state index < -0.39 is 0 Å². The van der Waals surface area contributed by atoms with Crippen molar-refractivity contribution >= 4 is 29.8 Å². The van der Waals surface area contributed by atoms with Crippen molar-refractivity contribution in [3.8, 4) is 5.75 Å². The molecule has 2 aromatic heterocycles. The van der Waals surface area contributed by atoms with Gasteiger partial charge in [-0.25, -0.2) is 0 Å². The molecule has 170 valence electrons. The molecule has 0 bridgehead atoms. The summed E-state index contributed by atoms with van der Waals surface area (Å²) in [4.78, 5) is 15.7. The number of nitrogens with zero attached hydrogens (tertiary/aromatic N) is 5. The zero-order valence-corrected chi connectivity index (χ0v) is 19.2. The molecular weight excluding hydrogens is 434 g/mol. The number of hydrogen-bond acceptors (Lipinski definition) is 7. The van der Waals surface area contributed by atoms with E-state index in [4.69, 9.17) is 18.0 Å². The van der Waals surface area contributed by atoms with Crippen molar-refractivity contribution in [3.05, 3.63) is 89.0 Å². The molecule has 0 fully saturated rings. The van der Waals surface area contributed by atoms with Crippen LogP contribution in [0, 0.1) is 6.92 Å². The molecule has 8 nitrogen and oxygen atoms in total. The number of phenols is 1. The van der Waals surface area contributed by atoms with E-state index in [1.165, 1.54) is 6.21 Å². The zero-order chi connectivity index (χ0) is 23.5. The smallest absolute Gasteiger partial charge is 0.184 e. The van der Waals surface area contributed by atoms with Crippen LogP contribution in [0.25, 0.3) is 0 Å². The molecule has 4 N–H and O–H groups in total. The molecular formula is C24H27N7OS. The largest absolute Gasteiger partial charge is 0.507 e. The summed E-state index contributed by atoms with van der Waals surface area (Å²) in [7, 11) is 0. The van der Waals surface area contributed by atoms with E-state index in [0.717, 1.165) is 17.0 Å². The molecule has 3 aromatic rings. The first-order valence-electron chi connectivity index (χ1n) is 10.5. The third kappa shape index (κ3) is 8.06. The second kappa shape index (κ2) is 12.4. The SMILES string of the molecule is Cc1cc(C=NCCN(Cc2ccccn2)Cc2ccccn2)c(O)c(/C=N/NC(N)=S)c1. The van der Waals surface area contributed by atoms with E-state index in [2.05, 4.69) is 30.4 Å². The van der Waals surface area contributed by atoms with Gasteiger partial charge in [-0.2, -0.15) is 5.10 Å². The average Bonchev–Trinajstić information content (AvgIpc) is 2.80. The number of benzene rings is 1. The molecule has 0 saturated heterocycles. The summed E-state index contributed by atoms with van der Waals surface area (Å²) in [6.07, 6.45) is 6.75. The first-order valence-corrected chi connectivity index (χ1v) is 10.9. The van der Waals surface area contributed by atoms with Gasteiger partial charge in [0.25, 0.3) is 0 Å². The Hall–Kier alpha value is -3.69. The number of aromatic hydroxyl groups is 1. The number of thiocarbonyl (C=S) groups is 1. The molecule has 0 atom stereocenters. The van der Waals surface area contributed by atoms with Gasteiger partial charge < -0.3 is 10.8 Å². The van der Waals surface area contributed by atoms with Crippen molar-refractivity contribution in [2.45, 2.75) is 20.0 Å². The summed E-state index contributed by atoms with van der Waals surface area (Å²) in [5.41, 5.74) is 12.0. The number of nitrogens with two attached hydrogens (primary N) is 1. The Labute approximate surface area is 198 Å². The van der Waals surface area contributed by atoms with Crippen LogP contribution < -0.4 is 11.2 Å². The maximum Gasteiger partial charge on any atom is 0.184 e. The molecule has 0 aliphatic carbocycles. The van der Waals surface area contributed by atoms with Crippen LogP contribution in [0.5, 0.6) is 5.75 Å². The fraction of sp³-hybridized carbons (Fsp3) is 0.208. The Balaban J connectivity index is 1.67. The molecule has 0 amide bonds. The summed E-state index contributed by atoms with van der Waals surface area (Å²) in [6.45, 7) is 4.59. The average molecular weight is 462 g/mol. The Morgan fingerprint density at radius 1 is 1.06 bits per heavy atom. The fourth-order valence-corrected chi connectivity index (χ4v) is 3.27. The van der Waals surface area contributed by atoms with Crippen LogP contribution in [0.4, 0.5) is 0 Å². The Bertz CT molecular complexity index is 1060. The van der Waals surface area contributed by atoms with Gasteiger partial charge in [0, 0.05) is 49.4 Å². The Kier molecular flexibility index (Phi) is 8.98. The molecule has 0 radical (unpaired) electrons. The lowest BCUT2D eigenvalue weighted by Crippen LogP contribution is -2.26. The van der Waals surface area contributed by atoms with Gasteiger partial charge >= 0.3 is 0 Å².